The topological polar surface area (TPSA) is 39.2 Å². The van der Waals surface area contributed by atoms with E-state index in [4.69, 9.17) is 4.74 Å². The minimum atomic E-state index is -0.296. The number of nitrogens with zero attached hydrogens (tertiary/aromatic N) is 1. The Morgan fingerprint density at radius 3 is 3.20 bits per heavy atom. The van der Waals surface area contributed by atoms with Crippen LogP contribution >= 0.6 is 27.3 Å². The number of esters is 1. The number of hydrogen-bond acceptors (Lipinski definition) is 4. The average molecular weight is 290 g/mol. The third-order valence-corrected chi connectivity index (χ3v) is 2.94. The molecule has 0 unspecified atom stereocenters. The van der Waals surface area contributed by atoms with Gasteiger partial charge in [-0.3, -0.25) is 0 Å². The molecule has 0 saturated heterocycles. The fourth-order valence-electron chi connectivity index (χ4n) is 0.908. The molecule has 3 nitrogen and oxygen atoms in total. The molecule has 82 valence electrons. The summed E-state index contributed by atoms with van der Waals surface area (Å²) in [6.07, 6.45) is 6.43. The molecule has 0 fully saturated rings. The number of allylic oxidation sites excluding steroid dienone is 1. The van der Waals surface area contributed by atoms with Crippen molar-refractivity contribution in [3.63, 3.8) is 0 Å². The Morgan fingerprint density at radius 1 is 1.73 bits per heavy atom. The summed E-state index contributed by atoms with van der Waals surface area (Å²) in [4.78, 5) is 16.0. The van der Waals surface area contributed by atoms with Gasteiger partial charge in [0.15, 0.2) is 0 Å². The molecule has 0 bridgehead atoms. The van der Waals surface area contributed by atoms with E-state index in [-0.39, 0.29) is 5.97 Å². The van der Waals surface area contributed by atoms with E-state index < -0.39 is 0 Å². The number of rotatable bonds is 5. The number of ether oxygens (including phenoxy) is 1. The number of carbonyl (C=O) groups is 1. The smallest absolute Gasteiger partial charge is 0.349 e. The summed E-state index contributed by atoms with van der Waals surface area (Å²) in [6, 6.07) is 0. The van der Waals surface area contributed by atoms with E-state index in [9.17, 15) is 4.79 Å². The second kappa shape index (κ2) is 6.74. The van der Waals surface area contributed by atoms with Crippen LogP contribution < -0.4 is 0 Å². The molecular formula is C10H12BrNO2S. The highest BCUT2D eigenvalue weighted by atomic mass is 79.9. The maximum Gasteiger partial charge on any atom is 0.349 e. The number of thiazole rings is 1. The summed E-state index contributed by atoms with van der Waals surface area (Å²) in [7, 11) is 0. The monoisotopic (exact) mass is 289 g/mol. The lowest BCUT2D eigenvalue weighted by atomic mass is 10.4. The van der Waals surface area contributed by atoms with Crippen molar-refractivity contribution in [2.75, 3.05) is 11.9 Å². The number of alkyl halides is 1. The molecule has 0 aliphatic heterocycles. The zero-order valence-corrected chi connectivity index (χ0v) is 10.8. The van der Waals surface area contributed by atoms with Gasteiger partial charge in [0.25, 0.3) is 0 Å². The first-order valence-electron chi connectivity index (χ1n) is 4.63. The molecule has 0 spiro atoms. The SMILES string of the molecule is CCOC(=O)c1cnc(C=CCCBr)s1. The maximum atomic E-state index is 11.3. The first-order valence-corrected chi connectivity index (χ1v) is 6.57. The van der Waals surface area contributed by atoms with Gasteiger partial charge in [-0.2, -0.15) is 0 Å². The highest BCUT2D eigenvalue weighted by molar-refractivity contribution is 9.09. The van der Waals surface area contributed by atoms with Crippen molar-refractivity contribution in [3.05, 3.63) is 22.2 Å². The molecule has 1 heterocycles. The first kappa shape index (κ1) is 12.4. The quantitative estimate of drug-likeness (QED) is 0.618. The normalized spacial score (nSPS) is 10.8. The maximum absolute atomic E-state index is 11.3. The molecule has 0 aliphatic rings. The molecule has 1 aromatic rings. The predicted octanol–water partition coefficient (Wildman–Crippen LogP) is 3.12. The van der Waals surface area contributed by atoms with Gasteiger partial charge >= 0.3 is 5.97 Å². The third-order valence-electron chi connectivity index (χ3n) is 1.54. The third kappa shape index (κ3) is 4.13. The van der Waals surface area contributed by atoms with Crippen LogP contribution in [0.15, 0.2) is 12.3 Å². The van der Waals surface area contributed by atoms with Gasteiger partial charge in [-0.1, -0.05) is 22.0 Å². The molecule has 0 atom stereocenters. The van der Waals surface area contributed by atoms with Crippen molar-refractivity contribution in [3.8, 4) is 0 Å². The first-order chi connectivity index (χ1) is 7.27. The van der Waals surface area contributed by atoms with E-state index >= 15 is 0 Å². The minimum Gasteiger partial charge on any atom is -0.462 e. The molecule has 0 saturated carbocycles. The van der Waals surface area contributed by atoms with E-state index in [2.05, 4.69) is 20.9 Å². The van der Waals surface area contributed by atoms with Crippen LogP contribution in [0.25, 0.3) is 6.08 Å². The van der Waals surface area contributed by atoms with E-state index in [1.54, 1.807) is 13.1 Å². The number of halogens is 1. The van der Waals surface area contributed by atoms with Crippen molar-refractivity contribution in [2.45, 2.75) is 13.3 Å². The lowest BCUT2D eigenvalue weighted by Gasteiger charge is -1.95. The highest BCUT2D eigenvalue weighted by Gasteiger charge is 2.09. The van der Waals surface area contributed by atoms with Crippen LogP contribution in [0.1, 0.15) is 28.0 Å². The summed E-state index contributed by atoms with van der Waals surface area (Å²) >= 11 is 4.67. The summed E-state index contributed by atoms with van der Waals surface area (Å²) in [5, 5.41) is 1.76. The molecule has 5 heteroatoms. The van der Waals surface area contributed by atoms with Gasteiger partial charge in [-0.15, -0.1) is 11.3 Å². The standard InChI is InChI=1S/C10H12BrNO2S/c1-2-14-10(13)8-7-12-9(15-8)5-3-4-6-11/h3,5,7H,2,4,6H2,1H3. The molecule has 0 aromatic carbocycles. The van der Waals surface area contributed by atoms with Crippen molar-refractivity contribution in [2.24, 2.45) is 0 Å². The van der Waals surface area contributed by atoms with Crippen molar-refractivity contribution in [1.82, 2.24) is 4.98 Å². The van der Waals surface area contributed by atoms with Gasteiger partial charge in [0, 0.05) is 5.33 Å². The van der Waals surface area contributed by atoms with Gasteiger partial charge < -0.3 is 4.74 Å². The molecule has 0 radical (unpaired) electrons. The number of carbonyl (C=O) groups excluding carboxylic acids is 1. The van der Waals surface area contributed by atoms with Crippen LogP contribution in [0.2, 0.25) is 0 Å². The summed E-state index contributed by atoms with van der Waals surface area (Å²) in [6.45, 7) is 2.18. The van der Waals surface area contributed by atoms with Crippen molar-refractivity contribution in [1.29, 1.82) is 0 Å². The van der Waals surface area contributed by atoms with Gasteiger partial charge in [-0.25, -0.2) is 9.78 Å². The Morgan fingerprint density at radius 2 is 2.53 bits per heavy atom. The van der Waals surface area contributed by atoms with Gasteiger partial charge in [0.1, 0.15) is 9.88 Å². The molecule has 0 amide bonds. The van der Waals surface area contributed by atoms with Gasteiger partial charge in [0.05, 0.1) is 12.8 Å². The van der Waals surface area contributed by atoms with Crippen LogP contribution in [0.5, 0.6) is 0 Å². The van der Waals surface area contributed by atoms with Crippen LogP contribution in [0.3, 0.4) is 0 Å². The van der Waals surface area contributed by atoms with Crippen LogP contribution in [-0.2, 0) is 4.74 Å². The Bertz CT molecular complexity index is 349. The molecule has 0 aliphatic carbocycles. The second-order valence-electron chi connectivity index (χ2n) is 2.66. The number of hydrogen-bond donors (Lipinski definition) is 0. The Hall–Kier alpha value is -0.680. The van der Waals surface area contributed by atoms with E-state index in [0.29, 0.717) is 11.5 Å². The summed E-state index contributed by atoms with van der Waals surface area (Å²) < 4.78 is 4.87. The summed E-state index contributed by atoms with van der Waals surface area (Å²) in [5.74, 6) is -0.296. The van der Waals surface area contributed by atoms with Crippen LogP contribution in [-0.4, -0.2) is 22.9 Å². The van der Waals surface area contributed by atoms with Crippen molar-refractivity contribution < 1.29 is 9.53 Å². The van der Waals surface area contributed by atoms with Crippen LogP contribution in [0, 0.1) is 0 Å². The minimum absolute atomic E-state index is 0.296. The molecule has 1 aromatic heterocycles. The zero-order chi connectivity index (χ0) is 11.1. The second-order valence-corrected chi connectivity index (χ2v) is 4.52. The largest absolute Gasteiger partial charge is 0.462 e. The van der Waals surface area contributed by atoms with Crippen molar-refractivity contribution >= 4 is 39.3 Å². The summed E-state index contributed by atoms with van der Waals surface area (Å²) in [5.41, 5.74) is 0. The van der Waals surface area contributed by atoms with Gasteiger partial charge in [-0.05, 0) is 19.4 Å². The Kier molecular flexibility index (Phi) is 5.57. The van der Waals surface area contributed by atoms with Gasteiger partial charge in [0.2, 0.25) is 0 Å². The highest BCUT2D eigenvalue weighted by Crippen LogP contribution is 2.15. The van der Waals surface area contributed by atoms with E-state index in [1.165, 1.54) is 11.3 Å². The Balaban J connectivity index is 2.59. The lowest BCUT2D eigenvalue weighted by Crippen LogP contribution is -2.01. The lowest BCUT2D eigenvalue weighted by molar-refractivity contribution is 0.0532. The van der Waals surface area contributed by atoms with Crippen LogP contribution in [0.4, 0.5) is 0 Å². The predicted molar refractivity (Wildman–Crippen MR) is 65.5 cm³/mol. The fourth-order valence-corrected chi connectivity index (χ4v) is 1.92. The average Bonchev–Trinajstić information content (AvgIpc) is 2.67. The molecular weight excluding hydrogens is 278 g/mol. The number of aromatic nitrogens is 1. The van der Waals surface area contributed by atoms with E-state index in [0.717, 1.165) is 16.8 Å². The molecule has 0 N–H and O–H groups in total. The molecule has 15 heavy (non-hydrogen) atoms. The fraction of sp³-hybridized carbons (Fsp3) is 0.400. The van der Waals surface area contributed by atoms with E-state index in [1.807, 2.05) is 12.2 Å². The zero-order valence-electron chi connectivity index (χ0n) is 8.40. The Labute approximate surface area is 101 Å². The molecule has 1 rings (SSSR count).